The van der Waals surface area contributed by atoms with Crippen LogP contribution in [0.5, 0.6) is 5.75 Å². The Morgan fingerprint density at radius 3 is 3.05 bits per heavy atom. The van der Waals surface area contributed by atoms with Crippen molar-refractivity contribution in [3.05, 3.63) is 41.5 Å². The molecule has 1 N–H and O–H groups in total. The van der Waals surface area contributed by atoms with Crippen LogP contribution in [0.15, 0.2) is 28.8 Å². The predicted octanol–water partition coefficient (Wildman–Crippen LogP) is 2.42. The first-order valence-corrected chi connectivity index (χ1v) is 6.59. The van der Waals surface area contributed by atoms with Crippen molar-refractivity contribution in [3.8, 4) is 5.75 Å². The fraction of sp³-hybridized carbons (Fsp3) is 0.429. The van der Waals surface area contributed by atoms with E-state index in [1.54, 1.807) is 0 Å². The first kappa shape index (κ1) is 12.2. The summed E-state index contributed by atoms with van der Waals surface area (Å²) in [6.07, 6.45) is 0.661. The van der Waals surface area contributed by atoms with Crippen LogP contribution in [0.1, 0.15) is 43.3 Å². The summed E-state index contributed by atoms with van der Waals surface area (Å²) < 4.78 is 11.1. The number of nitrogens with one attached hydrogen (secondary N) is 1. The molecule has 2 heterocycles. The Morgan fingerprint density at radius 2 is 2.26 bits per heavy atom. The van der Waals surface area contributed by atoms with Gasteiger partial charge in [-0.2, -0.15) is 4.98 Å². The highest BCUT2D eigenvalue weighted by atomic mass is 16.5. The average molecular weight is 259 g/mol. The minimum Gasteiger partial charge on any atom is -0.482 e. The van der Waals surface area contributed by atoms with E-state index in [0.717, 1.165) is 18.7 Å². The van der Waals surface area contributed by atoms with Gasteiger partial charge in [0.1, 0.15) is 5.75 Å². The highest BCUT2D eigenvalue weighted by molar-refractivity contribution is 5.37. The second-order valence-electron chi connectivity index (χ2n) is 4.69. The van der Waals surface area contributed by atoms with Crippen molar-refractivity contribution in [2.45, 2.75) is 32.4 Å². The number of aromatic nitrogens is 2. The Labute approximate surface area is 112 Å². The molecule has 0 aliphatic carbocycles. The molecule has 1 aliphatic heterocycles. The molecule has 5 nitrogen and oxygen atoms in total. The summed E-state index contributed by atoms with van der Waals surface area (Å²) >= 11 is 0. The van der Waals surface area contributed by atoms with Crippen molar-refractivity contribution in [2.24, 2.45) is 0 Å². The molecule has 19 heavy (non-hydrogen) atoms. The van der Waals surface area contributed by atoms with E-state index in [0.29, 0.717) is 11.7 Å². The largest absolute Gasteiger partial charge is 0.482 e. The standard InChI is InChI=1S/C14H17N3O2/c1-3-15-9(2)14-16-13(17-19-14)12-8-10-6-4-5-7-11(10)18-12/h4-7,9,12,15H,3,8H2,1-2H3. The zero-order valence-electron chi connectivity index (χ0n) is 11.1. The molecule has 0 amide bonds. The lowest BCUT2D eigenvalue weighted by Crippen LogP contribution is -2.18. The van der Waals surface area contributed by atoms with Gasteiger partial charge in [-0.3, -0.25) is 0 Å². The molecule has 0 spiro atoms. The van der Waals surface area contributed by atoms with E-state index in [9.17, 15) is 0 Å². The third-order valence-electron chi connectivity index (χ3n) is 3.27. The van der Waals surface area contributed by atoms with Gasteiger partial charge in [-0.1, -0.05) is 30.3 Å². The van der Waals surface area contributed by atoms with Gasteiger partial charge in [0.25, 0.3) is 0 Å². The lowest BCUT2D eigenvalue weighted by molar-refractivity contribution is 0.220. The van der Waals surface area contributed by atoms with Gasteiger partial charge in [0, 0.05) is 6.42 Å². The molecule has 0 radical (unpaired) electrons. The summed E-state index contributed by atoms with van der Waals surface area (Å²) in [5, 5.41) is 7.28. The van der Waals surface area contributed by atoms with Crippen LogP contribution in [0.4, 0.5) is 0 Å². The maximum absolute atomic E-state index is 5.84. The van der Waals surface area contributed by atoms with Gasteiger partial charge >= 0.3 is 0 Å². The molecular formula is C14H17N3O2. The molecular weight excluding hydrogens is 242 g/mol. The Morgan fingerprint density at radius 1 is 1.42 bits per heavy atom. The molecule has 1 aromatic carbocycles. The normalized spacial score (nSPS) is 18.9. The summed E-state index contributed by atoms with van der Waals surface area (Å²) in [5.41, 5.74) is 1.19. The molecule has 0 fully saturated rings. The summed E-state index contributed by atoms with van der Waals surface area (Å²) in [7, 11) is 0. The van der Waals surface area contributed by atoms with E-state index in [1.165, 1.54) is 5.56 Å². The third kappa shape index (κ3) is 2.33. The second-order valence-corrected chi connectivity index (χ2v) is 4.69. The van der Waals surface area contributed by atoms with E-state index in [2.05, 4.69) is 21.5 Å². The minimum absolute atomic E-state index is 0.0648. The average Bonchev–Trinajstić information content (AvgIpc) is 3.05. The zero-order chi connectivity index (χ0) is 13.2. The zero-order valence-corrected chi connectivity index (χ0v) is 11.1. The molecule has 3 rings (SSSR count). The second kappa shape index (κ2) is 5.01. The molecule has 100 valence electrons. The third-order valence-corrected chi connectivity index (χ3v) is 3.27. The predicted molar refractivity (Wildman–Crippen MR) is 69.9 cm³/mol. The topological polar surface area (TPSA) is 60.2 Å². The molecule has 0 saturated heterocycles. The smallest absolute Gasteiger partial charge is 0.243 e. The Bertz CT molecular complexity index is 542. The van der Waals surface area contributed by atoms with Crippen molar-refractivity contribution in [2.75, 3.05) is 6.54 Å². The van der Waals surface area contributed by atoms with E-state index >= 15 is 0 Å². The molecule has 2 atom stereocenters. The maximum atomic E-state index is 5.84. The van der Waals surface area contributed by atoms with Gasteiger partial charge in [0.2, 0.25) is 11.7 Å². The molecule has 2 aromatic rings. The number of benzene rings is 1. The van der Waals surface area contributed by atoms with Crippen LogP contribution in [-0.2, 0) is 6.42 Å². The van der Waals surface area contributed by atoms with Crippen LogP contribution in [0.2, 0.25) is 0 Å². The van der Waals surface area contributed by atoms with Crippen LogP contribution >= 0.6 is 0 Å². The van der Waals surface area contributed by atoms with Gasteiger partial charge in [0.05, 0.1) is 6.04 Å². The molecule has 5 heteroatoms. The summed E-state index contributed by atoms with van der Waals surface area (Å²) in [6, 6.07) is 8.08. The lowest BCUT2D eigenvalue weighted by atomic mass is 10.1. The van der Waals surface area contributed by atoms with Gasteiger partial charge in [-0.25, -0.2) is 0 Å². The number of rotatable bonds is 4. The first-order chi connectivity index (χ1) is 9.28. The molecule has 0 bridgehead atoms. The quantitative estimate of drug-likeness (QED) is 0.913. The summed E-state index contributed by atoms with van der Waals surface area (Å²) in [5.74, 6) is 2.14. The number of hydrogen-bond donors (Lipinski definition) is 1. The Hall–Kier alpha value is -1.88. The lowest BCUT2D eigenvalue weighted by Gasteiger charge is -2.06. The SMILES string of the molecule is CCNC(C)c1nc(C2Cc3ccccc3O2)no1. The number of ether oxygens (including phenoxy) is 1. The van der Waals surface area contributed by atoms with Crippen molar-refractivity contribution in [3.63, 3.8) is 0 Å². The van der Waals surface area contributed by atoms with E-state index in [1.807, 2.05) is 32.0 Å². The van der Waals surface area contributed by atoms with Crippen molar-refractivity contribution < 1.29 is 9.26 Å². The summed E-state index contributed by atoms with van der Waals surface area (Å²) in [4.78, 5) is 4.43. The van der Waals surface area contributed by atoms with E-state index in [4.69, 9.17) is 9.26 Å². The van der Waals surface area contributed by atoms with Gasteiger partial charge < -0.3 is 14.6 Å². The summed E-state index contributed by atoms with van der Waals surface area (Å²) in [6.45, 7) is 4.92. The fourth-order valence-electron chi connectivity index (χ4n) is 2.27. The van der Waals surface area contributed by atoms with E-state index < -0.39 is 0 Å². The van der Waals surface area contributed by atoms with Crippen molar-refractivity contribution in [1.82, 2.24) is 15.5 Å². The van der Waals surface area contributed by atoms with E-state index in [-0.39, 0.29) is 12.1 Å². The van der Waals surface area contributed by atoms with Crippen LogP contribution < -0.4 is 10.1 Å². The Balaban J connectivity index is 1.75. The maximum Gasteiger partial charge on any atom is 0.243 e. The molecule has 0 saturated carbocycles. The van der Waals surface area contributed by atoms with Crippen LogP contribution in [0.3, 0.4) is 0 Å². The highest BCUT2D eigenvalue weighted by Gasteiger charge is 2.28. The van der Waals surface area contributed by atoms with Crippen molar-refractivity contribution >= 4 is 0 Å². The number of fused-ring (bicyclic) bond motifs is 1. The molecule has 2 unspecified atom stereocenters. The molecule has 1 aromatic heterocycles. The van der Waals surface area contributed by atoms with Crippen molar-refractivity contribution in [1.29, 1.82) is 0 Å². The van der Waals surface area contributed by atoms with Gasteiger partial charge in [0.15, 0.2) is 6.10 Å². The van der Waals surface area contributed by atoms with Gasteiger partial charge in [-0.05, 0) is 25.1 Å². The highest BCUT2D eigenvalue weighted by Crippen LogP contribution is 2.35. The number of nitrogens with zero attached hydrogens (tertiary/aromatic N) is 2. The Kier molecular flexibility index (Phi) is 3.21. The van der Waals surface area contributed by atoms with Crippen LogP contribution in [-0.4, -0.2) is 16.7 Å². The monoisotopic (exact) mass is 259 g/mol. The first-order valence-electron chi connectivity index (χ1n) is 6.59. The van der Waals surface area contributed by atoms with Crippen LogP contribution in [0.25, 0.3) is 0 Å². The number of hydrogen-bond acceptors (Lipinski definition) is 5. The van der Waals surface area contributed by atoms with Gasteiger partial charge in [-0.15, -0.1) is 0 Å². The molecule has 1 aliphatic rings. The number of para-hydroxylation sites is 1. The minimum atomic E-state index is -0.135. The fourth-order valence-corrected chi connectivity index (χ4v) is 2.27. The van der Waals surface area contributed by atoms with Crippen LogP contribution in [0, 0.1) is 0 Å².